The lowest BCUT2D eigenvalue weighted by molar-refractivity contribution is 0.102. The summed E-state index contributed by atoms with van der Waals surface area (Å²) >= 11 is 1.43. The zero-order valence-electron chi connectivity index (χ0n) is 13.2. The average Bonchev–Trinajstić information content (AvgIpc) is 3.24. The van der Waals surface area contributed by atoms with Gasteiger partial charge in [-0.1, -0.05) is 29.5 Å². The van der Waals surface area contributed by atoms with E-state index in [-0.39, 0.29) is 5.91 Å². The summed E-state index contributed by atoms with van der Waals surface area (Å²) in [7, 11) is 1.57. The molecule has 0 saturated heterocycles. The molecule has 0 aliphatic heterocycles. The molecule has 2 aromatic heterocycles. The first-order valence-corrected chi connectivity index (χ1v) is 8.27. The topological polar surface area (TPSA) is 81.4 Å². The number of rotatable bonds is 4. The first-order valence-electron chi connectivity index (χ1n) is 7.45. The van der Waals surface area contributed by atoms with E-state index in [1.165, 1.54) is 11.3 Å². The summed E-state index contributed by atoms with van der Waals surface area (Å²) < 4.78 is 6.78. The molecule has 4 aromatic rings. The summed E-state index contributed by atoms with van der Waals surface area (Å²) in [6.07, 6.45) is 1.56. The number of hydrogen-bond acceptors (Lipinski definition) is 6. The quantitative estimate of drug-likeness (QED) is 0.611. The smallest absolute Gasteiger partial charge is 0.255 e. The normalized spacial score (nSPS) is 10.8. The van der Waals surface area contributed by atoms with Gasteiger partial charge in [0.25, 0.3) is 5.91 Å². The third-order valence-electron chi connectivity index (χ3n) is 3.59. The van der Waals surface area contributed by atoms with Crippen molar-refractivity contribution in [1.29, 1.82) is 0 Å². The SMILES string of the molecule is COc1cccc(C(=O)Nc2cccc(-c3nn4cnnc4s3)c2)c1. The van der Waals surface area contributed by atoms with Gasteiger partial charge in [-0.3, -0.25) is 4.79 Å². The first kappa shape index (κ1) is 15.3. The number of hydrogen-bond donors (Lipinski definition) is 1. The molecule has 0 saturated carbocycles. The molecule has 0 radical (unpaired) electrons. The molecule has 0 bridgehead atoms. The van der Waals surface area contributed by atoms with Crippen LogP contribution in [0.25, 0.3) is 15.5 Å². The Morgan fingerprint density at radius 2 is 2.08 bits per heavy atom. The molecule has 25 heavy (non-hydrogen) atoms. The number of carbonyl (C=O) groups is 1. The van der Waals surface area contributed by atoms with E-state index >= 15 is 0 Å². The Bertz CT molecular complexity index is 1030. The van der Waals surface area contributed by atoms with Crippen LogP contribution in [0.4, 0.5) is 5.69 Å². The number of benzene rings is 2. The van der Waals surface area contributed by atoms with Gasteiger partial charge < -0.3 is 10.1 Å². The number of fused-ring (bicyclic) bond motifs is 1. The van der Waals surface area contributed by atoms with Crippen LogP contribution in [-0.2, 0) is 0 Å². The largest absolute Gasteiger partial charge is 0.497 e. The van der Waals surface area contributed by atoms with E-state index in [0.29, 0.717) is 17.0 Å². The maximum atomic E-state index is 12.4. The Morgan fingerprint density at radius 3 is 2.92 bits per heavy atom. The minimum atomic E-state index is -0.200. The molecule has 2 aromatic carbocycles. The Labute approximate surface area is 146 Å². The average molecular weight is 351 g/mol. The lowest BCUT2D eigenvalue weighted by atomic mass is 10.1. The molecule has 124 valence electrons. The number of aromatic nitrogens is 4. The van der Waals surface area contributed by atoms with E-state index in [2.05, 4.69) is 20.6 Å². The molecule has 7 nitrogen and oxygen atoms in total. The molecule has 0 aliphatic carbocycles. The molecule has 1 N–H and O–H groups in total. The molecule has 0 unspecified atom stereocenters. The highest BCUT2D eigenvalue weighted by Gasteiger charge is 2.10. The van der Waals surface area contributed by atoms with Gasteiger partial charge in [-0.2, -0.15) is 9.61 Å². The standard InChI is InChI=1S/C17H13N5O2S/c1-24-14-7-3-4-11(9-14)15(23)19-13-6-2-5-12(8-13)16-21-22-10-18-20-17(22)25-16/h2-10H,1H3,(H,19,23). The van der Waals surface area contributed by atoms with Crippen LogP contribution in [0, 0.1) is 0 Å². The predicted octanol–water partition coefficient (Wildman–Crippen LogP) is 3.11. The van der Waals surface area contributed by atoms with Gasteiger partial charge in [-0.25, -0.2) is 0 Å². The highest BCUT2D eigenvalue weighted by atomic mass is 32.1. The fraction of sp³-hybridized carbons (Fsp3) is 0.0588. The third kappa shape index (κ3) is 3.07. The number of ether oxygens (including phenoxy) is 1. The maximum Gasteiger partial charge on any atom is 0.255 e. The minimum absolute atomic E-state index is 0.200. The third-order valence-corrected chi connectivity index (χ3v) is 4.55. The van der Waals surface area contributed by atoms with Crippen LogP contribution >= 0.6 is 11.3 Å². The summed E-state index contributed by atoms with van der Waals surface area (Å²) in [5.41, 5.74) is 2.12. The van der Waals surface area contributed by atoms with E-state index in [1.54, 1.807) is 42.2 Å². The molecular weight excluding hydrogens is 338 g/mol. The summed E-state index contributed by atoms with van der Waals surface area (Å²) in [5.74, 6) is 0.440. The van der Waals surface area contributed by atoms with Gasteiger partial charge in [0.15, 0.2) is 0 Å². The molecule has 0 spiro atoms. The van der Waals surface area contributed by atoms with Crippen molar-refractivity contribution in [3.63, 3.8) is 0 Å². The van der Waals surface area contributed by atoms with Gasteiger partial charge in [-0.05, 0) is 30.3 Å². The van der Waals surface area contributed by atoms with Gasteiger partial charge in [0.05, 0.1) is 7.11 Å². The first-order chi connectivity index (χ1) is 12.2. The van der Waals surface area contributed by atoms with E-state index in [9.17, 15) is 4.79 Å². The highest BCUT2D eigenvalue weighted by Crippen LogP contribution is 2.27. The van der Waals surface area contributed by atoms with Crippen molar-refractivity contribution >= 4 is 27.9 Å². The van der Waals surface area contributed by atoms with Crippen molar-refractivity contribution in [2.75, 3.05) is 12.4 Å². The van der Waals surface area contributed by atoms with Crippen molar-refractivity contribution in [3.05, 3.63) is 60.4 Å². The monoisotopic (exact) mass is 351 g/mol. The zero-order chi connectivity index (χ0) is 17.2. The zero-order valence-corrected chi connectivity index (χ0v) is 14.0. The molecular formula is C17H13N5O2S. The van der Waals surface area contributed by atoms with E-state index in [1.807, 2.05) is 24.3 Å². The van der Waals surface area contributed by atoms with Crippen LogP contribution in [0.15, 0.2) is 54.9 Å². The van der Waals surface area contributed by atoms with Crippen LogP contribution in [0.1, 0.15) is 10.4 Å². The van der Waals surface area contributed by atoms with E-state index in [0.717, 1.165) is 15.5 Å². The van der Waals surface area contributed by atoms with Crippen molar-refractivity contribution in [2.24, 2.45) is 0 Å². The molecule has 8 heteroatoms. The number of methoxy groups -OCH3 is 1. The van der Waals surface area contributed by atoms with Gasteiger partial charge in [-0.15, -0.1) is 10.2 Å². The van der Waals surface area contributed by atoms with Crippen molar-refractivity contribution in [3.8, 4) is 16.3 Å². The minimum Gasteiger partial charge on any atom is -0.497 e. The molecule has 1 amide bonds. The second kappa shape index (κ2) is 6.33. The summed E-state index contributed by atoms with van der Waals surface area (Å²) in [6.45, 7) is 0. The van der Waals surface area contributed by atoms with Crippen LogP contribution in [0.2, 0.25) is 0 Å². The van der Waals surface area contributed by atoms with Gasteiger partial charge in [0.1, 0.15) is 17.1 Å². The highest BCUT2D eigenvalue weighted by molar-refractivity contribution is 7.19. The van der Waals surface area contributed by atoms with Gasteiger partial charge in [0, 0.05) is 16.8 Å². The van der Waals surface area contributed by atoms with Crippen molar-refractivity contribution in [1.82, 2.24) is 19.8 Å². The maximum absolute atomic E-state index is 12.4. The molecule has 0 aliphatic rings. The van der Waals surface area contributed by atoms with Gasteiger partial charge in [0.2, 0.25) is 4.96 Å². The Morgan fingerprint density at radius 1 is 1.20 bits per heavy atom. The number of anilines is 1. The Kier molecular flexibility index (Phi) is 3.87. The molecule has 2 heterocycles. The van der Waals surface area contributed by atoms with Crippen LogP contribution < -0.4 is 10.1 Å². The molecule has 0 atom stereocenters. The summed E-state index contributed by atoms with van der Waals surface area (Å²) in [5, 5.41) is 15.9. The van der Waals surface area contributed by atoms with E-state index in [4.69, 9.17) is 4.74 Å². The van der Waals surface area contributed by atoms with Crippen LogP contribution in [0.3, 0.4) is 0 Å². The molecule has 0 fully saturated rings. The van der Waals surface area contributed by atoms with Crippen molar-refractivity contribution < 1.29 is 9.53 Å². The molecule has 4 rings (SSSR count). The fourth-order valence-corrected chi connectivity index (χ4v) is 3.19. The number of nitrogens with one attached hydrogen (secondary N) is 1. The lowest BCUT2D eigenvalue weighted by Gasteiger charge is -2.07. The number of carbonyl (C=O) groups excluding carboxylic acids is 1. The van der Waals surface area contributed by atoms with Crippen LogP contribution in [-0.4, -0.2) is 32.8 Å². The lowest BCUT2D eigenvalue weighted by Crippen LogP contribution is -2.11. The predicted molar refractivity (Wildman–Crippen MR) is 95.0 cm³/mol. The number of amides is 1. The summed E-state index contributed by atoms with van der Waals surface area (Å²) in [4.78, 5) is 13.2. The number of nitrogens with zero attached hydrogens (tertiary/aromatic N) is 4. The van der Waals surface area contributed by atoms with Crippen molar-refractivity contribution in [2.45, 2.75) is 0 Å². The second-order valence-electron chi connectivity index (χ2n) is 5.23. The second-order valence-corrected chi connectivity index (χ2v) is 6.19. The van der Waals surface area contributed by atoms with Crippen LogP contribution in [0.5, 0.6) is 5.75 Å². The summed E-state index contributed by atoms with van der Waals surface area (Å²) in [6, 6.07) is 14.5. The van der Waals surface area contributed by atoms with E-state index < -0.39 is 0 Å². The fourth-order valence-electron chi connectivity index (χ4n) is 2.37. The van der Waals surface area contributed by atoms with Gasteiger partial charge >= 0.3 is 0 Å². The Balaban J connectivity index is 1.58. The Hall–Kier alpha value is -3.26.